The van der Waals surface area contributed by atoms with Crippen LogP contribution in [0.15, 0.2) is 54.6 Å². The van der Waals surface area contributed by atoms with Crippen molar-refractivity contribution >= 4 is 17.9 Å². The molecule has 5 nitrogen and oxygen atoms in total. The average molecular weight is 346 g/mol. The van der Waals surface area contributed by atoms with E-state index in [0.717, 1.165) is 0 Å². The van der Waals surface area contributed by atoms with Gasteiger partial charge in [-0.15, -0.1) is 0 Å². The van der Waals surface area contributed by atoms with Crippen molar-refractivity contribution in [3.63, 3.8) is 0 Å². The number of nitrogens with one attached hydrogen (secondary N) is 2. The number of ether oxygens (including phenoxy) is 1. The molecule has 0 saturated heterocycles. The number of para-hydroxylation sites is 1. The van der Waals surface area contributed by atoms with E-state index >= 15 is 0 Å². The lowest BCUT2D eigenvalue weighted by Crippen LogP contribution is -2.46. The lowest BCUT2D eigenvalue weighted by molar-refractivity contribution is -0.131. The van der Waals surface area contributed by atoms with E-state index in [4.69, 9.17) is 4.74 Å². The summed E-state index contributed by atoms with van der Waals surface area (Å²) in [5.74, 6) is -2.26. The summed E-state index contributed by atoms with van der Waals surface area (Å²) in [6, 6.07) is 11.2. The Morgan fingerprint density at radius 3 is 2.40 bits per heavy atom. The Bertz CT molecular complexity index is 776. The number of carbonyl (C=O) groups excluding carboxylic acids is 2. The highest BCUT2D eigenvalue weighted by atomic mass is 19.1. The fourth-order valence-electron chi connectivity index (χ4n) is 1.80. The van der Waals surface area contributed by atoms with E-state index in [1.165, 1.54) is 61.5 Å². The van der Waals surface area contributed by atoms with Crippen LogP contribution < -0.4 is 15.6 Å². The largest absolute Gasteiger partial charge is 0.478 e. The summed E-state index contributed by atoms with van der Waals surface area (Å²) in [5.41, 5.74) is 4.97. The molecule has 0 aliphatic carbocycles. The molecule has 2 aromatic rings. The van der Waals surface area contributed by atoms with Gasteiger partial charge in [0.2, 0.25) is 0 Å². The molecule has 0 aliphatic heterocycles. The Balaban J connectivity index is 1.81. The van der Waals surface area contributed by atoms with E-state index in [2.05, 4.69) is 10.9 Å². The molecule has 0 heterocycles. The smallest absolute Gasteiger partial charge is 0.279 e. The van der Waals surface area contributed by atoms with Gasteiger partial charge in [-0.2, -0.15) is 0 Å². The lowest BCUT2D eigenvalue weighted by Gasteiger charge is -2.15. The van der Waals surface area contributed by atoms with Crippen LogP contribution in [0.4, 0.5) is 8.78 Å². The molecular formula is C18H16F2N2O3. The molecule has 2 N–H and O–H groups in total. The third-order valence-corrected chi connectivity index (χ3v) is 3.12. The molecule has 0 saturated carbocycles. The monoisotopic (exact) mass is 346 g/mol. The molecule has 1 unspecified atom stereocenters. The summed E-state index contributed by atoms with van der Waals surface area (Å²) in [4.78, 5) is 23.5. The van der Waals surface area contributed by atoms with Gasteiger partial charge in [0, 0.05) is 6.08 Å². The number of hydrogen-bond donors (Lipinski definition) is 2. The molecule has 0 spiro atoms. The van der Waals surface area contributed by atoms with Crippen molar-refractivity contribution < 1.29 is 23.1 Å². The maximum Gasteiger partial charge on any atom is 0.279 e. The zero-order valence-corrected chi connectivity index (χ0v) is 13.3. The fourth-order valence-corrected chi connectivity index (χ4v) is 1.80. The van der Waals surface area contributed by atoms with Crippen LogP contribution in [0.25, 0.3) is 6.08 Å². The van der Waals surface area contributed by atoms with Crippen LogP contribution in [0, 0.1) is 11.6 Å². The second-order valence-corrected chi connectivity index (χ2v) is 5.05. The van der Waals surface area contributed by atoms with Crippen molar-refractivity contribution in [3.05, 3.63) is 71.8 Å². The zero-order valence-electron chi connectivity index (χ0n) is 13.3. The normalized spacial score (nSPS) is 11.8. The first-order valence-electron chi connectivity index (χ1n) is 7.40. The molecule has 2 amide bonds. The molecule has 0 radical (unpaired) electrons. The van der Waals surface area contributed by atoms with Gasteiger partial charge >= 0.3 is 0 Å². The third kappa shape index (κ3) is 5.72. The summed E-state index contributed by atoms with van der Waals surface area (Å²) in [6.45, 7) is 1.42. The van der Waals surface area contributed by atoms with Crippen LogP contribution in [0.5, 0.6) is 5.75 Å². The average Bonchev–Trinajstić information content (AvgIpc) is 2.61. The Hall–Kier alpha value is -3.22. The minimum atomic E-state index is -1.02. The Labute approximate surface area is 143 Å². The van der Waals surface area contributed by atoms with E-state index in [0.29, 0.717) is 5.56 Å². The minimum Gasteiger partial charge on any atom is -0.478 e. The van der Waals surface area contributed by atoms with Gasteiger partial charge in [-0.25, -0.2) is 8.78 Å². The summed E-state index contributed by atoms with van der Waals surface area (Å²) >= 11 is 0. The van der Waals surface area contributed by atoms with E-state index in [1.807, 2.05) is 0 Å². The minimum absolute atomic E-state index is 0.0623. The van der Waals surface area contributed by atoms with Gasteiger partial charge in [0.15, 0.2) is 17.7 Å². The van der Waals surface area contributed by atoms with Gasteiger partial charge < -0.3 is 4.74 Å². The van der Waals surface area contributed by atoms with Crippen molar-refractivity contribution in [2.24, 2.45) is 0 Å². The fraction of sp³-hybridized carbons (Fsp3) is 0.111. The Kier molecular flexibility index (Phi) is 6.22. The second-order valence-electron chi connectivity index (χ2n) is 5.05. The number of hydrogen-bond acceptors (Lipinski definition) is 3. The van der Waals surface area contributed by atoms with Gasteiger partial charge in [0.05, 0.1) is 0 Å². The first-order valence-corrected chi connectivity index (χ1v) is 7.40. The lowest BCUT2D eigenvalue weighted by atomic mass is 10.2. The number of hydrazine groups is 1. The van der Waals surface area contributed by atoms with Crippen molar-refractivity contribution in [3.8, 4) is 5.75 Å². The first kappa shape index (κ1) is 18.1. The molecule has 130 valence electrons. The maximum absolute atomic E-state index is 13.5. The van der Waals surface area contributed by atoms with Crippen LogP contribution in [-0.4, -0.2) is 17.9 Å². The maximum atomic E-state index is 13.5. The first-order chi connectivity index (χ1) is 12.0. The molecule has 0 bridgehead atoms. The van der Waals surface area contributed by atoms with E-state index < -0.39 is 23.7 Å². The summed E-state index contributed by atoms with van der Waals surface area (Å²) in [5, 5.41) is 0. The quantitative estimate of drug-likeness (QED) is 0.646. The SMILES string of the molecule is CC(Oc1ccccc1F)C(=O)NNC(=O)/C=C/c1ccc(F)cc1. The highest BCUT2D eigenvalue weighted by Crippen LogP contribution is 2.16. The molecule has 0 aromatic heterocycles. The van der Waals surface area contributed by atoms with Gasteiger partial charge in [-0.05, 0) is 42.8 Å². The topological polar surface area (TPSA) is 67.4 Å². The van der Waals surface area contributed by atoms with Crippen LogP contribution in [0.3, 0.4) is 0 Å². The molecule has 1 atom stereocenters. The molecule has 25 heavy (non-hydrogen) atoms. The van der Waals surface area contributed by atoms with Gasteiger partial charge in [-0.1, -0.05) is 24.3 Å². The molecule has 7 heteroatoms. The number of benzene rings is 2. The van der Waals surface area contributed by atoms with Crippen molar-refractivity contribution in [2.45, 2.75) is 13.0 Å². The molecule has 2 rings (SSSR count). The van der Waals surface area contributed by atoms with Crippen molar-refractivity contribution in [1.82, 2.24) is 10.9 Å². The number of amides is 2. The second kappa shape index (κ2) is 8.58. The van der Waals surface area contributed by atoms with Crippen molar-refractivity contribution in [1.29, 1.82) is 0 Å². The van der Waals surface area contributed by atoms with Gasteiger partial charge in [-0.3, -0.25) is 20.4 Å². The molecule has 2 aromatic carbocycles. The molecule has 0 fully saturated rings. The van der Waals surface area contributed by atoms with E-state index in [9.17, 15) is 18.4 Å². The number of rotatable bonds is 5. The summed E-state index contributed by atoms with van der Waals surface area (Å²) in [6.07, 6.45) is 1.62. The Morgan fingerprint density at radius 2 is 1.72 bits per heavy atom. The van der Waals surface area contributed by atoms with E-state index in [-0.39, 0.29) is 11.6 Å². The Morgan fingerprint density at radius 1 is 1.04 bits per heavy atom. The number of halogens is 2. The zero-order chi connectivity index (χ0) is 18.2. The highest BCUT2D eigenvalue weighted by molar-refractivity contribution is 5.93. The predicted octanol–water partition coefficient (Wildman–Crippen LogP) is 2.59. The van der Waals surface area contributed by atoms with Crippen LogP contribution >= 0.6 is 0 Å². The summed E-state index contributed by atoms with van der Waals surface area (Å²) in [7, 11) is 0. The van der Waals surface area contributed by atoms with E-state index in [1.54, 1.807) is 6.07 Å². The molecule has 0 aliphatic rings. The highest BCUT2D eigenvalue weighted by Gasteiger charge is 2.16. The summed E-state index contributed by atoms with van der Waals surface area (Å²) < 4.78 is 31.4. The molecular weight excluding hydrogens is 330 g/mol. The van der Waals surface area contributed by atoms with Crippen LogP contribution in [0.2, 0.25) is 0 Å². The predicted molar refractivity (Wildman–Crippen MR) is 88.2 cm³/mol. The van der Waals surface area contributed by atoms with Gasteiger partial charge in [0.25, 0.3) is 11.8 Å². The number of carbonyl (C=O) groups is 2. The van der Waals surface area contributed by atoms with Crippen LogP contribution in [0.1, 0.15) is 12.5 Å². The van der Waals surface area contributed by atoms with Gasteiger partial charge in [0.1, 0.15) is 5.82 Å². The van der Waals surface area contributed by atoms with Crippen LogP contribution in [-0.2, 0) is 9.59 Å². The third-order valence-electron chi connectivity index (χ3n) is 3.12. The standard InChI is InChI=1S/C18H16F2N2O3/c1-12(25-16-5-3-2-4-15(16)20)18(24)22-21-17(23)11-8-13-6-9-14(19)10-7-13/h2-12H,1H3,(H,21,23)(H,22,24)/b11-8+. The van der Waals surface area contributed by atoms with Crippen molar-refractivity contribution in [2.75, 3.05) is 0 Å².